The van der Waals surface area contributed by atoms with Crippen LogP contribution < -0.4 is 5.32 Å². The minimum atomic E-state index is -0.0418. The van der Waals surface area contributed by atoms with Gasteiger partial charge in [0.2, 0.25) is 0 Å². The molecule has 1 atom stereocenters. The van der Waals surface area contributed by atoms with Crippen LogP contribution in [-0.2, 0) is 6.42 Å². The van der Waals surface area contributed by atoms with Crippen molar-refractivity contribution in [2.45, 2.75) is 19.4 Å². The van der Waals surface area contributed by atoms with Crippen molar-refractivity contribution in [2.24, 2.45) is 0 Å². The number of pyridine rings is 3. The van der Waals surface area contributed by atoms with Crippen LogP contribution in [-0.4, -0.2) is 20.1 Å². The Hall–Kier alpha value is -3.47. The Morgan fingerprint density at radius 1 is 0.963 bits per heavy atom. The van der Waals surface area contributed by atoms with E-state index in [-0.39, 0.29) is 11.8 Å². The Labute approximate surface area is 157 Å². The zero-order valence-corrected chi connectivity index (χ0v) is 15.0. The summed E-state index contributed by atoms with van der Waals surface area (Å²) < 4.78 is 0. The van der Waals surface area contributed by atoms with Gasteiger partial charge in [0.1, 0.15) is 5.75 Å². The Morgan fingerprint density at radius 2 is 1.78 bits per heavy atom. The van der Waals surface area contributed by atoms with Gasteiger partial charge in [-0.05, 0) is 49.4 Å². The molecule has 0 amide bonds. The third-order valence-electron chi connectivity index (χ3n) is 4.44. The molecule has 0 aliphatic rings. The van der Waals surface area contributed by atoms with Gasteiger partial charge in [-0.2, -0.15) is 0 Å². The number of fused-ring (bicyclic) bond motifs is 1. The monoisotopic (exact) mass is 356 g/mol. The van der Waals surface area contributed by atoms with Gasteiger partial charge >= 0.3 is 0 Å². The fourth-order valence-corrected chi connectivity index (χ4v) is 3.20. The highest BCUT2D eigenvalue weighted by Crippen LogP contribution is 2.30. The Kier molecular flexibility index (Phi) is 4.66. The molecule has 0 bridgehead atoms. The van der Waals surface area contributed by atoms with Crippen molar-refractivity contribution >= 4 is 16.6 Å². The maximum absolute atomic E-state index is 9.79. The lowest BCUT2D eigenvalue weighted by molar-refractivity contribution is 0.476. The van der Waals surface area contributed by atoms with E-state index in [0.717, 1.165) is 33.7 Å². The molecule has 0 aliphatic heterocycles. The minimum absolute atomic E-state index is 0.0418. The van der Waals surface area contributed by atoms with Crippen molar-refractivity contribution in [1.82, 2.24) is 15.0 Å². The molecule has 4 aromatic rings. The second-order valence-corrected chi connectivity index (χ2v) is 6.49. The first-order valence-electron chi connectivity index (χ1n) is 8.87. The van der Waals surface area contributed by atoms with Crippen LogP contribution >= 0.6 is 0 Å². The number of aryl methyl sites for hydroxylation is 1. The fraction of sp³-hybridized carbons (Fsp3) is 0.136. The number of hydrogen-bond donors (Lipinski definition) is 2. The first-order chi connectivity index (χ1) is 13.2. The largest absolute Gasteiger partial charge is 0.508 e. The summed E-state index contributed by atoms with van der Waals surface area (Å²) in [7, 11) is 0. The second-order valence-electron chi connectivity index (χ2n) is 6.49. The first-order valence-corrected chi connectivity index (χ1v) is 8.87. The number of aromatic nitrogens is 3. The number of phenols is 1. The molecule has 1 aromatic carbocycles. The smallest absolute Gasteiger partial charge is 0.117 e. The van der Waals surface area contributed by atoms with E-state index >= 15 is 0 Å². The van der Waals surface area contributed by atoms with Crippen LogP contribution in [0.3, 0.4) is 0 Å². The van der Waals surface area contributed by atoms with Gasteiger partial charge in [0.15, 0.2) is 0 Å². The maximum Gasteiger partial charge on any atom is 0.117 e. The molecule has 0 fully saturated rings. The van der Waals surface area contributed by atoms with Gasteiger partial charge in [0.25, 0.3) is 0 Å². The van der Waals surface area contributed by atoms with Crippen LogP contribution in [0.25, 0.3) is 10.9 Å². The Balaban J connectivity index is 1.74. The summed E-state index contributed by atoms with van der Waals surface area (Å²) in [6.07, 6.45) is 4.31. The first kappa shape index (κ1) is 17.0. The van der Waals surface area contributed by atoms with Crippen molar-refractivity contribution in [3.63, 3.8) is 0 Å². The van der Waals surface area contributed by atoms with Gasteiger partial charge in [0.05, 0.1) is 17.3 Å². The maximum atomic E-state index is 9.79. The van der Waals surface area contributed by atoms with E-state index in [1.54, 1.807) is 24.5 Å². The molecule has 0 radical (unpaired) electrons. The summed E-state index contributed by atoms with van der Waals surface area (Å²) in [4.78, 5) is 13.5. The Bertz CT molecular complexity index is 1050. The molecule has 5 heteroatoms. The topological polar surface area (TPSA) is 70.9 Å². The van der Waals surface area contributed by atoms with Crippen molar-refractivity contribution in [1.29, 1.82) is 0 Å². The molecule has 2 N–H and O–H groups in total. The molecule has 3 aromatic heterocycles. The third kappa shape index (κ3) is 3.87. The van der Waals surface area contributed by atoms with E-state index in [9.17, 15) is 5.11 Å². The van der Waals surface area contributed by atoms with Crippen LogP contribution in [0, 0.1) is 6.92 Å². The number of benzene rings is 1. The molecule has 0 aliphatic carbocycles. The van der Waals surface area contributed by atoms with Crippen LogP contribution in [0.5, 0.6) is 5.75 Å². The Morgan fingerprint density at radius 3 is 2.52 bits per heavy atom. The zero-order valence-electron chi connectivity index (χ0n) is 15.0. The van der Waals surface area contributed by atoms with Gasteiger partial charge in [-0.3, -0.25) is 15.0 Å². The molecule has 1 unspecified atom stereocenters. The lowest BCUT2D eigenvalue weighted by Gasteiger charge is -2.21. The molecule has 27 heavy (non-hydrogen) atoms. The van der Waals surface area contributed by atoms with Gasteiger partial charge in [-0.1, -0.05) is 12.1 Å². The van der Waals surface area contributed by atoms with E-state index in [2.05, 4.69) is 20.3 Å². The van der Waals surface area contributed by atoms with Gasteiger partial charge < -0.3 is 10.4 Å². The standard InChI is InChI=1S/C22H20N4O/c1-15-12-20(18-9-8-17(27)14-21(18)25-15)26-22(19-7-3-5-11-24-19)13-16-6-2-4-10-23-16/h2-12,14,22,27H,13H2,1H3,(H,25,26). The molecule has 3 heterocycles. The highest BCUT2D eigenvalue weighted by Gasteiger charge is 2.16. The zero-order chi connectivity index (χ0) is 18.6. The highest BCUT2D eigenvalue weighted by atomic mass is 16.3. The molecule has 134 valence electrons. The lowest BCUT2D eigenvalue weighted by atomic mass is 10.0. The predicted molar refractivity (Wildman–Crippen MR) is 107 cm³/mol. The number of anilines is 1. The number of rotatable bonds is 5. The van der Waals surface area contributed by atoms with Crippen LogP contribution in [0.15, 0.2) is 73.1 Å². The van der Waals surface area contributed by atoms with Crippen LogP contribution in [0.1, 0.15) is 23.1 Å². The highest BCUT2D eigenvalue weighted by molar-refractivity contribution is 5.92. The van der Waals surface area contributed by atoms with Gasteiger partial charge in [0, 0.05) is 47.3 Å². The van der Waals surface area contributed by atoms with E-state index in [0.29, 0.717) is 6.42 Å². The number of hydrogen-bond acceptors (Lipinski definition) is 5. The minimum Gasteiger partial charge on any atom is -0.508 e. The average Bonchev–Trinajstić information content (AvgIpc) is 2.68. The van der Waals surface area contributed by atoms with Gasteiger partial charge in [-0.15, -0.1) is 0 Å². The number of phenolic OH excluding ortho intramolecular Hbond substituents is 1. The van der Waals surface area contributed by atoms with E-state index in [4.69, 9.17) is 0 Å². The average molecular weight is 356 g/mol. The fourth-order valence-electron chi connectivity index (χ4n) is 3.20. The summed E-state index contributed by atoms with van der Waals surface area (Å²) in [5.41, 5.74) is 4.55. The molecular formula is C22H20N4O. The molecule has 0 saturated carbocycles. The third-order valence-corrected chi connectivity index (χ3v) is 4.44. The summed E-state index contributed by atoms with van der Waals surface area (Å²) in [5.74, 6) is 0.210. The molecular weight excluding hydrogens is 336 g/mol. The van der Waals surface area contributed by atoms with E-state index < -0.39 is 0 Å². The molecule has 0 spiro atoms. The van der Waals surface area contributed by atoms with Gasteiger partial charge in [-0.25, -0.2) is 0 Å². The molecule has 4 rings (SSSR count). The predicted octanol–water partition coefficient (Wildman–Crippen LogP) is 4.43. The van der Waals surface area contributed by atoms with Crippen LogP contribution in [0.4, 0.5) is 5.69 Å². The molecule has 5 nitrogen and oxygen atoms in total. The SMILES string of the molecule is Cc1cc(NC(Cc2ccccn2)c2ccccn2)c2ccc(O)cc2n1. The molecule has 0 saturated heterocycles. The van der Waals surface area contributed by atoms with E-state index in [1.165, 1.54) is 0 Å². The summed E-state index contributed by atoms with van der Waals surface area (Å²) in [5, 5.41) is 14.4. The van der Waals surface area contributed by atoms with Crippen molar-refractivity contribution in [3.8, 4) is 5.75 Å². The van der Waals surface area contributed by atoms with Crippen molar-refractivity contribution in [2.75, 3.05) is 5.32 Å². The number of aromatic hydroxyl groups is 1. The quantitative estimate of drug-likeness (QED) is 0.553. The second kappa shape index (κ2) is 7.41. The normalized spacial score (nSPS) is 12.0. The van der Waals surface area contributed by atoms with E-state index in [1.807, 2.05) is 55.5 Å². The van der Waals surface area contributed by atoms with Crippen LogP contribution in [0.2, 0.25) is 0 Å². The van der Waals surface area contributed by atoms with Crippen molar-refractivity contribution in [3.05, 3.63) is 90.1 Å². The lowest BCUT2D eigenvalue weighted by Crippen LogP contribution is -2.16. The number of nitrogens with zero attached hydrogens (tertiary/aromatic N) is 3. The summed E-state index contributed by atoms with van der Waals surface area (Å²) >= 11 is 0. The number of nitrogens with one attached hydrogen (secondary N) is 1. The summed E-state index contributed by atoms with van der Waals surface area (Å²) in [6, 6.07) is 19.1. The van der Waals surface area contributed by atoms with Crippen molar-refractivity contribution < 1.29 is 5.11 Å². The summed E-state index contributed by atoms with van der Waals surface area (Å²) in [6.45, 7) is 1.95.